The van der Waals surface area contributed by atoms with E-state index in [1.807, 2.05) is 4.90 Å². The number of hydrogen-bond donors (Lipinski definition) is 1. The van der Waals surface area contributed by atoms with Crippen LogP contribution in [0.25, 0.3) is 11.1 Å². The number of nitrogens with one attached hydrogen (secondary N) is 1. The first-order valence-corrected chi connectivity index (χ1v) is 8.56. The standard InChI is InChI=1S/C20H22N2O2.ClH/c1-24-20(23)22(14-10-12-21-13-11-14)19-17-8-4-2-6-15(17)16-7-3-5-9-18(16)19;/h2-9,14,19,21H,10-13H2,1H3;1H. The van der Waals surface area contributed by atoms with Crippen LogP contribution in [-0.2, 0) is 4.74 Å². The van der Waals surface area contributed by atoms with Gasteiger partial charge in [0.25, 0.3) is 0 Å². The van der Waals surface area contributed by atoms with Gasteiger partial charge in [-0.3, -0.25) is 4.90 Å². The van der Waals surface area contributed by atoms with Gasteiger partial charge in [0.2, 0.25) is 0 Å². The highest BCUT2D eigenvalue weighted by molar-refractivity contribution is 5.85. The van der Waals surface area contributed by atoms with Crippen LogP contribution in [0.15, 0.2) is 48.5 Å². The van der Waals surface area contributed by atoms with Gasteiger partial charge in [0.1, 0.15) is 0 Å². The fourth-order valence-corrected chi connectivity index (χ4v) is 4.08. The van der Waals surface area contributed by atoms with E-state index in [4.69, 9.17) is 4.74 Å². The molecule has 1 heterocycles. The molecule has 2 aliphatic rings. The summed E-state index contributed by atoms with van der Waals surface area (Å²) in [5.74, 6) is 0. The molecule has 0 aromatic heterocycles. The Balaban J connectivity index is 0.00000182. The summed E-state index contributed by atoms with van der Waals surface area (Å²) >= 11 is 0. The van der Waals surface area contributed by atoms with Gasteiger partial charge in [-0.25, -0.2) is 4.79 Å². The summed E-state index contributed by atoms with van der Waals surface area (Å²) < 4.78 is 5.17. The van der Waals surface area contributed by atoms with Crippen LogP contribution in [0.2, 0.25) is 0 Å². The lowest BCUT2D eigenvalue weighted by atomic mass is 9.97. The molecule has 0 saturated carbocycles. The molecule has 0 spiro atoms. The molecule has 25 heavy (non-hydrogen) atoms. The highest BCUT2D eigenvalue weighted by Gasteiger charge is 2.39. The first-order valence-electron chi connectivity index (χ1n) is 8.56. The van der Waals surface area contributed by atoms with Crippen molar-refractivity contribution in [3.63, 3.8) is 0 Å². The maximum atomic E-state index is 12.7. The van der Waals surface area contributed by atoms with E-state index >= 15 is 0 Å². The van der Waals surface area contributed by atoms with Gasteiger partial charge in [-0.05, 0) is 48.2 Å². The van der Waals surface area contributed by atoms with E-state index < -0.39 is 0 Å². The van der Waals surface area contributed by atoms with Crippen molar-refractivity contribution in [1.82, 2.24) is 10.2 Å². The predicted molar refractivity (Wildman–Crippen MR) is 101 cm³/mol. The van der Waals surface area contributed by atoms with E-state index in [1.54, 1.807) is 0 Å². The number of methoxy groups -OCH3 is 1. The number of halogens is 1. The number of ether oxygens (including phenoxy) is 1. The topological polar surface area (TPSA) is 41.6 Å². The second kappa shape index (κ2) is 7.46. The second-order valence-electron chi connectivity index (χ2n) is 6.44. The number of carbonyl (C=O) groups is 1. The Labute approximate surface area is 154 Å². The third kappa shape index (κ3) is 3.00. The summed E-state index contributed by atoms with van der Waals surface area (Å²) in [7, 11) is 1.48. The van der Waals surface area contributed by atoms with E-state index in [9.17, 15) is 4.79 Å². The van der Waals surface area contributed by atoms with E-state index in [1.165, 1.54) is 29.4 Å². The minimum atomic E-state index is -0.238. The molecule has 0 radical (unpaired) electrons. The molecule has 1 fully saturated rings. The SMILES string of the molecule is COC(=O)N(C1CCNCC1)C1c2ccccc2-c2ccccc21.Cl. The van der Waals surface area contributed by atoms with E-state index in [2.05, 4.69) is 53.8 Å². The molecule has 4 rings (SSSR count). The Morgan fingerprint density at radius 1 is 1.00 bits per heavy atom. The molecule has 0 unspecified atom stereocenters. The molecule has 0 atom stereocenters. The van der Waals surface area contributed by atoms with E-state index in [-0.39, 0.29) is 30.6 Å². The van der Waals surface area contributed by atoms with Crippen LogP contribution in [0.1, 0.15) is 30.0 Å². The first kappa shape index (κ1) is 17.8. The molecule has 5 heteroatoms. The number of carbonyl (C=O) groups excluding carboxylic acids is 1. The molecule has 132 valence electrons. The molecule has 2 aromatic carbocycles. The van der Waals surface area contributed by atoms with Crippen molar-refractivity contribution in [2.75, 3.05) is 20.2 Å². The van der Waals surface area contributed by atoms with Crippen molar-refractivity contribution in [3.05, 3.63) is 59.7 Å². The zero-order chi connectivity index (χ0) is 16.5. The smallest absolute Gasteiger partial charge is 0.410 e. The van der Waals surface area contributed by atoms with Crippen LogP contribution >= 0.6 is 12.4 Å². The minimum Gasteiger partial charge on any atom is -0.453 e. The van der Waals surface area contributed by atoms with Gasteiger partial charge in [-0.15, -0.1) is 12.4 Å². The van der Waals surface area contributed by atoms with Crippen molar-refractivity contribution >= 4 is 18.5 Å². The Morgan fingerprint density at radius 2 is 1.52 bits per heavy atom. The third-order valence-corrected chi connectivity index (χ3v) is 5.17. The van der Waals surface area contributed by atoms with Crippen molar-refractivity contribution in [2.24, 2.45) is 0 Å². The van der Waals surface area contributed by atoms with Crippen LogP contribution in [-0.4, -0.2) is 37.2 Å². The monoisotopic (exact) mass is 358 g/mol. The predicted octanol–water partition coefficient (Wildman–Crippen LogP) is 4.00. The van der Waals surface area contributed by atoms with Crippen LogP contribution in [0.5, 0.6) is 0 Å². The highest BCUT2D eigenvalue weighted by Crippen LogP contribution is 2.47. The van der Waals surface area contributed by atoms with Crippen LogP contribution in [0, 0.1) is 0 Å². The maximum Gasteiger partial charge on any atom is 0.410 e. The lowest BCUT2D eigenvalue weighted by Gasteiger charge is -2.38. The molecular formula is C20H23ClN2O2. The van der Waals surface area contributed by atoms with Crippen molar-refractivity contribution in [3.8, 4) is 11.1 Å². The number of hydrogen-bond acceptors (Lipinski definition) is 3. The third-order valence-electron chi connectivity index (χ3n) is 5.17. The normalized spacial score (nSPS) is 16.5. The van der Waals surface area contributed by atoms with Crippen molar-refractivity contribution < 1.29 is 9.53 Å². The second-order valence-corrected chi connectivity index (χ2v) is 6.44. The minimum absolute atomic E-state index is 0. The van der Waals surface area contributed by atoms with Gasteiger partial charge >= 0.3 is 6.09 Å². The summed E-state index contributed by atoms with van der Waals surface area (Å²) in [5.41, 5.74) is 4.84. The fraction of sp³-hybridized carbons (Fsp3) is 0.350. The van der Waals surface area contributed by atoms with Crippen molar-refractivity contribution in [1.29, 1.82) is 0 Å². The molecule has 1 amide bonds. The molecule has 1 aliphatic heterocycles. The van der Waals surface area contributed by atoms with Crippen LogP contribution in [0.3, 0.4) is 0 Å². The average molecular weight is 359 g/mol. The number of benzene rings is 2. The zero-order valence-corrected chi connectivity index (χ0v) is 15.1. The van der Waals surface area contributed by atoms with Crippen LogP contribution < -0.4 is 5.32 Å². The summed E-state index contributed by atoms with van der Waals surface area (Å²) in [6.45, 7) is 1.88. The van der Waals surface area contributed by atoms with Gasteiger partial charge in [0.15, 0.2) is 0 Å². The maximum absolute atomic E-state index is 12.7. The number of nitrogens with zero attached hydrogens (tertiary/aromatic N) is 1. The van der Waals surface area contributed by atoms with Crippen LogP contribution in [0.4, 0.5) is 4.79 Å². The first-order chi connectivity index (χ1) is 11.8. The fourth-order valence-electron chi connectivity index (χ4n) is 4.08. The summed E-state index contributed by atoms with van der Waals surface area (Å²) in [4.78, 5) is 14.7. The molecule has 1 aliphatic carbocycles. The number of rotatable bonds is 2. The number of fused-ring (bicyclic) bond motifs is 3. The van der Waals surface area contributed by atoms with Gasteiger partial charge < -0.3 is 10.1 Å². The quantitative estimate of drug-likeness (QED) is 0.882. The Kier molecular flexibility index (Phi) is 5.30. The molecule has 4 nitrogen and oxygen atoms in total. The van der Waals surface area contributed by atoms with E-state index in [0.717, 1.165) is 25.9 Å². The molecule has 2 aromatic rings. The number of piperidine rings is 1. The van der Waals surface area contributed by atoms with Gasteiger partial charge in [-0.1, -0.05) is 48.5 Å². The summed E-state index contributed by atoms with van der Waals surface area (Å²) in [6.07, 6.45) is 1.67. The number of amides is 1. The van der Waals surface area contributed by atoms with Gasteiger partial charge in [0.05, 0.1) is 13.2 Å². The molecular weight excluding hydrogens is 336 g/mol. The van der Waals surface area contributed by atoms with Gasteiger partial charge in [-0.2, -0.15) is 0 Å². The summed E-state index contributed by atoms with van der Waals surface area (Å²) in [5, 5.41) is 3.38. The lowest BCUT2D eigenvalue weighted by molar-refractivity contribution is 0.0811. The molecule has 1 N–H and O–H groups in total. The largest absolute Gasteiger partial charge is 0.453 e. The Morgan fingerprint density at radius 3 is 2.04 bits per heavy atom. The molecule has 0 bridgehead atoms. The highest BCUT2D eigenvalue weighted by atomic mass is 35.5. The Hall–Kier alpha value is -2.04. The lowest BCUT2D eigenvalue weighted by Crippen LogP contribution is -2.47. The van der Waals surface area contributed by atoms with E-state index in [0.29, 0.717) is 0 Å². The molecule has 1 saturated heterocycles. The zero-order valence-electron chi connectivity index (χ0n) is 14.3. The Bertz CT molecular complexity index is 713. The van der Waals surface area contributed by atoms with Crippen molar-refractivity contribution in [2.45, 2.75) is 24.9 Å². The summed E-state index contributed by atoms with van der Waals surface area (Å²) in [6, 6.07) is 16.9. The van der Waals surface area contributed by atoms with Gasteiger partial charge in [0, 0.05) is 6.04 Å². The average Bonchev–Trinajstić information content (AvgIpc) is 2.98.